The quantitative estimate of drug-likeness (QED) is 0.0714. The summed E-state index contributed by atoms with van der Waals surface area (Å²) in [6, 6.07) is 0. The molecular weight excluding hydrogens is 1430 g/mol. The zero-order chi connectivity index (χ0) is 39.6. The molecule has 0 rings (SSSR count). The maximum absolute atomic E-state index is 8.52. The average Bonchev–Trinajstić information content (AvgIpc) is 2.44. The van der Waals surface area contributed by atoms with E-state index in [4.69, 9.17) is 152 Å². The molecule has 0 bridgehead atoms. The molecule has 0 fully saturated rings. The Morgan fingerprint density at radius 2 is 0.230 bits per heavy atom. The van der Waals surface area contributed by atoms with Crippen molar-refractivity contribution in [1.29, 1.82) is 0 Å². The van der Waals surface area contributed by atoms with Crippen molar-refractivity contribution >= 4 is 92.2 Å². The minimum absolute atomic E-state index is 0. The van der Waals surface area contributed by atoms with Crippen LogP contribution >= 0.6 is 0 Å². The summed E-state index contributed by atoms with van der Waals surface area (Å²) in [6.07, 6.45) is 0. The first-order valence-electron chi connectivity index (χ1n) is 6.08. The van der Waals surface area contributed by atoms with Gasteiger partial charge >= 0.3 is 275 Å². The van der Waals surface area contributed by atoms with Crippen LogP contribution in [0.5, 0.6) is 0 Å². The molecule has 0 aromatic rings. The van der Waals surface area contributed by atoms with Gasteiger partial charge in [-0.15, -0.1) is 0 Å². The van der Waals surface area contributed by atoms with E-state index in [1.54, 1.807) is 0 Å². The van der Waals surface area contributed by atoms with Crippen LogP contribution in [0.1, 0.15) is 0 Å². The molecule has 0 amide bonds. The van der Waals surface area contributed by atoms with Crippen LogP contribution < -0.4 is 202 Å². The molecule has 0 aromatic heterocycles. The predicted octanol–water partition coefficient (Wildman–Crippen LogP) is -44.2. The smallest absolute Gasteiger partial charge is 1.00 e. The molecule has 0 spiro atoms. The second kappa shape index (κ2) is 107. The molecule has 0 saturated heterocycles. The number of carbonyl (C=O) groups excluding carboxylic acids is 3. The Hall–Kier alpha value is 5.59. The molecule has 34 nitrogen and oxygen atoms in total. The summed E-state index contributed by atoms with van der Waals surface area (Å²) in [5, 5.41) is 24.8. The minimum Gasteiger partial charge on any atom is -1.00 e. The average molecular weight is 1440 g/mol. The van der Waals surface area contributed by atoms with Crippen molar-refractivity contribution in [3.05, 3.63) is 0 Å². The van der Waals surface area contributed by atoms with Crippen molar-refractivity contribution in [1.82, 2.24) is 0 Å². The van der Waals surface area contributed by atoms with Gasteiger partial charge in [0.2, 0.25) is 0 Å². The van der Waals surface area contributed by atoms with Gasteiger partial charge in [0.15, 0.2) is 0 Å². The normalized spacial score (nSPS) is 7.25. The number of rotatable bonds is 0. The van der Waals surface area contributed by atoms with Crippen molar-refractivity contribution in [3.8, 4) is 0 Å². The SMILES string of the molecule is O=C[O-].O=C[O-].O=C[O-].O=S(=O)([O-])[O-].O=S(=O)([O-])[O-].O=S(=O)([O-])[O-].O=S(=O)([O-])[O-].O=S(=O)([O-])[O-].O=S(=O)([O-])[O-].O=S(=O)([O-])[O-].[Cr+3].[Cr+3].[Cr+3].[F-].[F-].[F-].[F-].[F-].[F-].[F-].[Fe+3].[Fe+3].[Fe+3].[Fe+3].[K+].[K+].[K+]. The van der Waals surface area contributed by atoms with E-state index in [1.165, 1.54) is 0 Å². The standard InChI is InChI=1S/3CH2O2.3Cr.7FH.4Fe.3K.7H2O4S/c3*2-1-3;;;;;;;;;;;;;;;;;;7*1-5(2,3)4/h3*1H,(H,2,3);;;;7*1H;;;;;;;;7*(H2,1,2,3,4)/q;;;3*+3;;;;;;;;4*+3;3*+1;;;;;;;/p-24. The summed E-state index contributed by atoms with van der Waals surface area (Å²) in [6.45, 7) is -1.50. The van der Waals surface area contributed by atoms with E-state index >= 15 is 0 Å². The second-order valence-electron chi connectivity index (χ2n) is 3.15. The number of carboxylic acid groups (broad SMARTS) is 3. The molecule has 0 atom stereocenters. The van der Waals surface area contributed by atoms with Crippen LogP contribution in [0.15, 0.2) is 0 Å². The number of hydrogen-bond donors (Lipinski definition) is 0. The molecule has 0 unspecified atom stereocenters. The molecule has 0 aromatic carbocycles. The number of carbonyl (C=O) groups is 3. The number of hydrogen-bond acceptors (Lipinski definition) is 34. The molecule has 0 N–H and O–H groups in total. The van der Waals surface area contributed by atoms with Crippen LogP contribution in [0, 0.1) is 0 Å². The fourth-order valence-electron chi connectivity index (χ4n) is 0. The second-order valence-corrected chi connectivity index (χ2v) is 8.86. The largest absolute Gasteiger partial charge is 3.00 e. The van der Waals surface area contributed by atoms with Crippen molar-refractivity contribution in [2.24, 2.45) is 0 Å². The Balaban J connectivity index is -0.00000000821. The van der Waals surface area contributed by atoms with E-state index in [2.05, 4.69) is 0 Å². The van der Waals surface area contributed by atoms with Gasteiger partial charge in [0.05, 0.1) is 0 Å². The third-order valence-electron chi connectivity index (χ3n) is 0. The summed E-state index contributed by atoms with van der Waals surface area (Å²) in [4.78, 5) is 24.8. The minimum atomic E-state index is -5.17. The first-order chi connectivity index (χ1) is 18.2. The van der Waals surface area contributed by atoms with E-state index in [-0.39, 0.29) is 307 Å². The molecule has 61 heavy (non-hydrogen) atoms. The summed E-state index contributed by atoms with van der Waals surface area (Å²) < 4.78 is 239. The van der Waals surface area contributed by atoms with Crippen molar-refractivity contribution in [2.75, 3.05) is 0 Å². The Kier molecular flexibility index (Phi) is 320. The van der Waals surface area contributed by atoms with Crippen molar-refractivity contribution in [3.63, 3.8) is 0 Å². The first kappa shape index (κ1) is 183. The molecule has 0 aliphatic heterocycles. The van der Waals surface area contributed by atoms with Crippen LogP contribution in [-0.2, 0) is 208 Å². The van der Waals surface area contributed by atoms with E-state index < -0.39 is 92.2 Å². The Labute approximate surface area is 541 Å². The first-order valence-corrected chi connectivity index (χ1v) is 15.4. The van der Waals surface area contributed by atoms with Gasteiger partial charge in [-0.25, -0.2) is 0 Å². The molecule has 7 radical (unpaired) electrons. The Bertz CT molecular complexity index is 1130. The van der Waals surface area contributed by atoms with Crippen molar-refractivity contribution in [2.45, 2.75) is 0 Å². The van der Waals surface area contributed by atoms with Gasteiger partial charge in [-0.05, 0) is 0 Å². The zero-order valence-electron chi connectivity index (χ0n) is 26.8. The van der Waals surface area contributed by atoms with Crippen LogP contribution in [0.4, 0.5) is 0 Å². The van der Waals surface area contributed by atoms with Crippen LogP contribution in [0.3, 0.4) is 0 Å². The van der Waals surface area contributed by atoms with E-state index in [0.717, 1.165) is 0 Å². The Morgan fingerprint density at radius 3 is 0.230 bits per heavy atom. The molecule has 0 heterocycles. The summed E-state index contributed by atoms with van der Waals surface area (Å²) in [5.41, 5.74) is 0. The molecule has 58 heteroatoms. The maximum atomic E-state index is 8.52. The van der Waals surface area contributed by atoms with Gasteiger partial charge in [0, 0.05) is 92.2 Å². The molecule has 0 aliphatic carbocycles. The van der Waals surface area contributed by atoms with Gasteiger partial charge in [-0.1, -0.05) is 0 Å². The molecule has 363 valence electrons. The van der Waals surface area contributed by atoms with Crippen LogP contribution in [0.2, 0.25) is 0 Å². The van der Waals surface area contributed by atoms with E-state index in [1.807, 2.05) is 0 Å². The third-order valence-corrected chi connectivity index (χ3v) is 0. The molecule has 0 aliphatic rings. The van der Waals surface area contributed by atoms with Gasteiger partial charge in [-0.2, -0.15) is 0 Å². The maximum Gasteiger partial charge on any atom is 3.00 e. The van der Waals surface area contributed by atoms with Gasteiger partial charge in [0.1, 0.15) is 0 Å². The van der Waals surface area contributed by atoms with Gasteiger partial charge in [-0.3, -0.25) is 58.9 Å². The Morgan fingerprint density at radius 1 is 0.230 bits per heavy atom. The summed E-state index contributed by atoms with van der Waals surface area (Å²) in [5.74, 6) is 0. The summed E-state index contributed by atoms with van der Waals surface area (Å²) >= 11 is 0. The third kappa shape index (κ3) is 8480. The van der Waals surface area contributed by atoms with Gasteiger partial charge < -0.3 is 126 Å². The van der Waals surface area contributed by atoms with Gasteiger partial charge in [0.25, 0.3) is 0 Å². The molecule has 0 saturated carbocycles. The predicted molar refractivity (Wildman–Crippen MR) is 91.5 cm³/mol. The summed E-state index contributed by atoms with van der Waals surface area (Å²) in [7, 11) is -36.2. The van der Waals surface area contributed by atoms with E-state index in [9.17, 15) is 0 Å². The van der Waals surface area contributed by atoms with Crippen molar-refractivity contribution < 1.29 is 460 Å². The van der Waals surface area contributed by atoms with Crippen LogP contribution in [0.25, 0.3) is 0 Å². The fourth-order valence-corrected chi connectivity index (χ4v) is 0. The van der Waals surface area contributed by atoms with E-state index in [0.29, 0.717) is 0 Å². The fraction of sp³-hybridized carbons (Fsp3) is 0. The topological polar surface area (TPSA) is 682 Å². The zero-order valence-corrected chi connectivity index (χ0v) is 50.1. The monoisotopic (exact) mass is 1440 g/mol. The molecular formula is C3H3Cr3F7Fe4K3O34S7. The number of halogens is 7. The van der Waals surface area contributed by atoms with Crippen LogP contribution in [-0.4, -0.2) is 142 Å².